The van der Waals surface area contributed by atoms with Crippen molar-refractivity contribution in [2.24, 2.45) is 10.7 Å². The third kappa shape index (κ3) is 3.25. The van der Waals surface area contributed by atoms with Gasteiger partial charge in [0.15, 0.2) is 0 Å². The minimum absolute atomic E-state index is 0.527. The van der Waals surface area contributed by atoms with Gasteiger partial charge in [0.1, 0.15) is 5.84 Å². The third-order valence-electron chi connectivity index (χ3n) is 2.74. The first kappa shape index (κ1) is 13.0. The van der Waals surface area contributed by atoms with Crippen LogP contribution in [-0.4, -0.2) is 15.8 Å². The lowest BCUT2D eigenvalue weighted by atomic mass is 10.2. The summed E-state index contributed by atoms with van der Waals surface area (Å²) in [6.07, 6.45) is 6.90. The van der Waals surface area contributed by atoms with Crippen LogP contribution in [0.25, 0.3) is 11.0 Å². The molecule has 0 unspecified atom stereocenters. The van der Waals surface area contributed by atoms with Crippen molar-refractivity contribution in [1.82, 2.24) is 9.97 Å². The number of rotatable bonds is 4. The molecule has 2 N–H and O–H groups in total. The highest BCUT2D eigenvalue weighted by Crippen LogP contribution is 2.11. The molecule has 0 saturated carbocycles. The zero-order valence-electron chi connectivity index (χ0n) is 10.9. The van der Waals surface area contributed by atoms with E-state index in [-0.39, 0.29) is 0 Å². The normalized spacial score (nSPS) is 12.7. The number of amidine groups is 1. The fourth-order valence-corrected chi connectivity index (χ4v) is 1.67. The second-order valence-electron chi connectivity index (χ2n) is 4.17. The minimum Gasteiger partial charge on any atom is -0.384 e. The molecule has 19 heavy (non-hydrogen) atoms. The number of benzene rings is 1. The molecular formula is C15H16N4. The van der Waals surface area contributed by atoms with Crippen molar-refractivity contribution in [3.8, 4) is 0 Å². The van der Waals surface area contributed by atoms with Crippen molar-refractivity contribution in [2.75, 3.05) is 0 Å². The fraction of sp³-hybridized carbons (Fsp3) is 0.133. The Morgan fingerprint density at radius 3 is 2.79 bits per heavy atom. The summed E-state index contributed by atoms with van der Waals surface area (Å²) in [5.74, 6) is 0.527. The van der Waals surface area contributed by atoms with Crippen LogP contribution in [0.5, 0.6) is 0 Å². The van der Waals surface area contributed by atoms with Crippen LogP contribution in [0.4, 0.5) is 0 Å². The predicted octanol–water partition coefficient (Wildman–Crippen LogP) is 2.62. The van der Waals surface area contributed by atoms with Gasteiger partial charge in [-0.15, -0.1) is 0 Å². The molecule has 0 bridgehead atoms. The third-order valence-corrected chi connectivity index (χ3v) is 2.74. The van der Waals surface area contributed by atoms with Crippen molar-refractivity contribution < 1.29 is 0 Å². The fourth-order valence-electron chi connectivity index (χ4n) is 1.67. The smallest absolute Gasteiger partial charge is 0.121 e. The molecule has 1 heterocycles. The molecule has 0 radical (unpaired) electrons. The summed E-state index contributed by atoms with van der Waals surface area (Å²) in [6.45, 7) is 6.07. The Labute approximate surface area is 112 Å². The van der Waals surface area contributed by atoms with E-state index >= 15 is 0 Å². The SMILES string of the molecule is C=C/C=C(/C)C(N)=NCc1ccc2nccnc2c1. The van der Waals surface area contributed by atoms with Gasteiger partial charge in [-0.2, -0.15) is 0 Å². The minimum atomic E-state index is 0.527. The second-order valence-corrected chi connectivity index (χ2v) is 4.17. The van der Waals surface area contributed by atoms with Crippen LogP contribution in [0.15, 0.2) is 59.9 Å². The average Bonchev–Trinajstić information content (AvgIpc) is 2.44. The van der Waals surface area contributed by atoms with Crippen LogP contribution in [0.3, 0.4) is 0 Å². The van der Waals surface area contributed by atoms with Gasteiger partial charge < -0.3 is 5.73 Å². The first-order valence-electron chi connectivity index (χ1n) is 6.00. The summed E-state index contributed by atoms with van der Waals surface area (Å²) in [4.78, 5) is 12.8. The Balaban J connectivity index is 2.20. The average molecular weight is 252 g/mol. The summed E-state index contributed by atoms with van der Waals surface area (Å²) in [5.41, 5.74) is 9.59. The molecule has 0 atom stereocenters. The van der Waals surface area contributed by atoms with Gasteiger partial charge in [-0.3, -0.25) is 15.0 Å². The number of fused-ring (bicyclic) bond motifs is 1. The van der Waals surface area contributed by atoms with E-state index in [1.807, 2.05) is 31.2 Å². The van der Waals surface area contributed by atoms with Gasteiger partial charge in [0.2, 0.25) is 0 Å². The summed E-state index contributed by atoms with van der Waals surface area (Å²) in [5, 5.41) is 0. The molecule has 1 aromatic carbocycles. The number of nitrogens with two attached hydrogens (primary N) is 1. The van der Waals surface area contributed by atoms with Gasteiger partial charge in [-0.05, 0) is 30.2 Å². The molecule has 0 aliphatic carbocycles. The maximum Gasteiger partial charge on any atom is 0.121 e. The van der Waals surface area contributed by atoms with E-state index in [0.29, 0.717) is 12.4 Å². The first-order chi connectivity index (χ1) is 9.20. The molecule has 96 valence electrons. The standard InChI is InChI=1S/C15H16N4/c1-3-4-11(2)15(16)19-10-12-5-6-13-14(9-12)18-8-7-17-13/h3-9H,1,10H2,2H3,(H2,16,19)/b11-4-. The number of allylic oxidation sites excluding steroid dienone is 2. The summed E-state index contributed by atoms with van der Waals surface area (Å²) in [7, 11) is 0. The zero-order chi connectivity index (χ0) is 13.7. The number of nitrogens with zero attached hydrogens (tertiary/aromatic N) is 3. The molecule has 0 amide bonds. The number of aliphatic imine (C=N–C) groups is 1. The molecule has 4 nitrogen and oxygen atoms in total. The number of hydrogen-bond acceptors (Lipinski definition) is 3. The van der Waals surface area contributed by atoms with E-state index in [2.05, 4.69) is 21.5 Å². The van der Waals surface area contributed by atoms with Gasteiger partial charge in [0.25, 0.3) is 0 Å². The Hall–Kier alpha value is -2.49. The maximum atomic E-state index is 5.87. The van der Waals surface area contributed by atoms with E-state index in [4.69, 9.17) is 5.73 Å². The van der Waals surface area contributed by atoms with Gasteiger partial charge in [-0.25, -0.2) is 0 Å². The highest BCUT2D eigenvalue weighted by atomic mass is 14.8. The monoisotopic (exact) mass is 252 g/mol. The Bertz CT molecular complexity index is 656. The van der Waals surface area contributed by atoms with E-state index < -0.39 is 0 Å². The van der Waals surface area contributed by atoms with Gasteiger partial charge in [0.05, 0.1) is 17.6 Å². The molecule has 2 rings (SSSR count). The molecule has 4 heteroatoms. The van der Waals surface area contributed by atoms with Crippen molar-refractivity contribution >= 4 is 16.9 Å². The molecular weight excluding hydrogens is 236 g/mol. The summed E-state index contributed by atoms with van der Waals surface area (Å²) >= 11 is 0. The lowest BCUT2D eigenvalue weighted by Gasteiger charge is -2.02. The maximum absolute atomic E-state index is 5.87. The van der Waals surface area contributed by atoms with E-state index in [9.17, 15) is 0 Å². The van der Waals surface area contributed by atoms with E-state index in [1.54, 1.807) is 18.5 Å². The van der Waals surface area contributed by atoms with Crippen molar-refractivity contribution in [3.63, 3.8) is 0 Å². The van der Waals surface area contributed by atoms with Crippen LogP contribution >= 0.6 is 0 Å². The molecule has 0 fully saturated rings. The Morgan fingerprint density at radius 1 is 1.32 bits per heavy atom. The summed E-state index contributed by atoms with van der Waals surface area (Å²) in [6, 6.07) is 5.90. The van der Waals surface area contributed by atoms with Gasteiger partial charge in [0, 0.05) is 12.4 Å². The predicted molar refractivity (Wildman–Crippen MR) is 78.8 cm³/mol. The molecule has 0 aliphatic heterocycles. The van der Waals surface area contributed by atoms with Gasteiger partial charge >= 0.3 is 0 Å². The number of aromatic nitrogens is 2. The highest BCUT2D eigenvalue weighted by Gasteiger charge is 1.99. The highest BCUT2D eigenvalue weighted by molar-refractivity contribution is 5.96. The van der Waals surface area contributed by atoms with Crippen LogP contribution in [0.2, 0.25) is 0 Å². The number of hydrogen-bond donors (Lipinski definition) is 1. The Morgan fingerprint density at radius 2 is 2.05 bits per heavy atom. The van der Waals surface area contributed by atoms with E-state index in [1.165, 1.54) is 0 Å². The topological polar surface area (TPSA) is 64.2 Å². The van der Waals surface area contributed by atoms with Crippen LogP contribution in [0, 0.1) is 0 Å². The van der Waals surface area contributed by atoms with Crippen LogP contribution < -0.4 is 5.73 Å². The van der Waals surface area contributed by atoms with Crippen LogP contribution in [0.1, 0.15) is 12.5 Å². The molecule has 1 aromatic heterocycles. The largest absolute Gasteiger partial charge is 0.384 e. The van der Waals surface area contributed by atoms with Crippen molar-refractivity contribution in [1.29, 1.82) is 0 Å². The van der Waals surface area contributed by atoms with E-state index in [0.717, 1.165) is 22.2 Å². The molecule has 0 aliphatic rings. The van der Waals surface area contributed by atoms with Crippen LogP contribution in [-0.2, 0) is 6.54 Å². The first-order valence-corrected chi connectivity index (χ1v) is 6.00. The van der Waals surface area contributed by atoms with Gasteiger partial charge in [-0.1, -0.05) is 24.8 Å². The molecule has 2 aromatic rings. The lowest BCUT2D eigenvalue weighted by Crippen LogP contribution is -2.13. The quantitative estimate of drug-likeness (QED) is 0.517. The lowest BCUT2D eigenvalue weighted by molar-refractivity contribution is 1.06. The summed E-state index contributed by atoms with van der Waals surface area (Å²) < 4.78 is 0. The van der Waals surface area contributed by atoms with Crippen molar-refractivity contribution in [3.05, 3.63) is 60.5 Å². The second kappa shape index (κ2) is 5.91. The Kier molecular flexibility index (Phi) is 4.03. The zero-order valence-corrected chi connectivity index (χ0v) is 10.9. The molecule has 0 saturated heterocycles. The molecule has 0 spiro atoms. The van der Waals surface area contributed by atoms with Crippen molar-refractivity contribution in [2.45, 2.75) is 13.5 Å².